The van der Waals surface area contributed by atoms with Gasteiger partial charge in [-0.15, -0.1) is 12.3 Å². The van der Waals surface area contributed by atoms with Crippen LogP contribution in [0.3, 0.4) is 0 Å². The third-order valence-corrected chi connectivity index (χ3v) is 3.39. The summed E-state index contributed by atoms with van der Waals surface area (Å²) in [5, 5.41) is 7.81. The van der Waals surface area contributed by atoms with Crippen LogP contribution >= 0.6 is 15.9 Å². The molecule has 3 nitrogen and oxygen atoms in total. The van der Waals surface area contributed by atoms with Crippen molar-refractivity contribution >= 4 is 15.9 Å². The van der Waals surface area contributed by atoms with Crippen molar-refractivity contribution in [1.29, 1.82) is 0 Å². The lowest BCUT2D eigenvalue weighted by Crippen LogP contribution is -2.17. The summed E-state index contributed by atoms with van der Waals surface area (Å²) in [6, 6.07) is 0. The maximum absolute atomic E-state index is 5.19. The Morgan fingerprint density at radius 1 is 1.56 bits per heavy atom. The molecule has 0 saturated heterocycles. The molecule has 1 rings (SSSR count). The average Bonchev–Trinajstić information content (AvgIpc) is 2.55. The van der Waals surface area contributed by atoms with Crippen molar-refractivity contribution in [3.05, 3.63) is 15.9 Å². The van der Waals surface area contributed by atoms with E-state index in [2.05, 4.69) is 39.2 Å². The molecule has 1 aromatic heterocycles. The Bertz CT molecular complexity index is 376. The topological polar surface area (TPSA) is 29.9 Å². The van der Waals surface area contributed by atoms with Crippen LogP contribution in [0.5, 0.6) is 0 Å². The van der Waals surface area contributed by atoms with Gasteiger partial charge in [-0.2, -0.15) is 5.10 Å². The van der Waals surface area contributed by atoms with Crippen molar-refractivity contribution in [1.82, 2.24) is 15.1 Å². The van der Waals surface area contributed by atoms with Gasteiger partial charge in [0.05, 0.1) is 15.9 Å². The van der Waals surface area contributed by atoms with Crippen molar-refractivity contribution in [2.45, 2.75) is 32.7 Å². The molecule has 16 heavy (non-hydrogen) atoms. The molecule has 0 saturated carbocycles. The number of hydrogen-bond acceptors (Lipinski definition) is 2. The second-order valence-electron chi connectivity index (χ2n) is 3.67. The number of hydrogen-bond donors (Lipinski definition) is 1. The first-order valence-electron chi connectivity index (χ1n) is 5.55. The first-order valence-corrected chi connectivity index (χ1v) is 6.34. The molecule has 0 radical (unpaired) electrons. The third kappa shape index (κ3) is 3.36. The van der Waals surface area contributed by atoms with Gasteiger partial charge in [0.25, 0.3) is 0 Å². The Hall–Kier alpha value is -0.790. The highest BCUT2D eigenvalue weighted by atomic mass is 79.9. The number of aromatic nitrogens is 2. The number of unbranched alkanes of at least 4 members (excludes halogenated alkanes) is 1. The van der Waals surface area contributed by atoms with E-state index in [9.17, 15) is 0 Å². The zero-order valence-electron chi connectivity index (χ0n) is 9.89. The molecule has 88 valence electrons. The second kappa shape index (κ2) is 6.72. The summed E-state index contributed by atoms with van der Waals surface area (Å²) in [5.41, 5.74) is 2.31. The minimum Gasteiger partial charge on any atom is -0.311 e. The molecule has 1 heterocycles. The van der Waals surface area contributed by atoms with E-state index in [4.69, 9.17) is 6.42 Å². The number of rotatable bonds is 6. The van der Waals surface area contributed by atoms with Gasteiger partial charge < -0.3 is 5.32 Å². The van der Waals surface area contributed by atoms with E-state index in [1.54, 1.807) is 0 Å². The molecule has 0 unspecified atom stereocenters. The van der Waals surface area contributed by atoms with Crippen LogP contribution in [0.1, 0.15) is 31.2 Å². The molecule has 0 atom stereocenters. The highest BCUT2D eigenvalue weighted by Gasteiger charge is 2.11. The predicted octanol–water partition coefficient (Wildman–Crippen LogP) is 2.25. The van der Waals surface area contributed by atoms with E-state index >= 15 is 0 Å². The number of nitrogens with zero attached hydrogens (tertiary/aromatic N) is 2. The minimum atomic E-state index is 0.828. The van der Waals surface area contributed by atoms with Gasteiger partial charge in [-0.25, -0.2) is 0 Å². The Balaban J connectivity index is 2.48. The third-order valence-electron chi connectivity index (χ3n) is 2.47. The molecular formula is C12H18BrN3. The molecule has 0 aromatic carbocycles. The average molecular weight is 284 g/mol. The van der Waals surface area contributed by atoms with E-state index in [0.717, 1.165) is 42.5 Å². The Morgan fingerprint density at radius 2 is 2.31 bits per heavy atom. The number of halogens is 1. The van der Waals surface area contributed by atoms with Crippen LogP contribution in [0.15, 0.2) is 4.47 Å². The Kier molecular flexibility index (Phi) is 5.58. The summed E-state index contributed by atoms with van der Waals surface area (Å²) in [5.74, 6) is 2.64. The van der Waals surface area contributed by atoms with Gasteiger partial charge in [0.2, 0.25) is 0 Å². The van der Waals surface area contributed by atoms with E-state index in [-0.39, 0.29) is 0 Å². The van der Waals surface area contributed by atoms with E-state index in [0.29, 0.717) is 0 Å². The molecule has 0 amide bonds. The number of nitrogens with one attached hydrogen (secondary N) is 1. The van der Waals surface area contributed by atoms with Gasteiger partial charge >= 0.3 is 0 Å². The van der Waals surface area contributed by atoms with E-state index < -0.39 is 0 Å². The van der Waals surface area contributed by atoms with Crippen molar-refractivity contribution in [3.63, 3.8) is 0 Å². The summed E-state index contributed by atoms with van der Waals surface area (Å²) in [7, 11) is 1.97. The van der Waals surface area contributed by atoms with Gasteiger partial charge in [0.15, 0.2) is 0 Å². The molecule has 0 fully saturated rings. The Morgan fingerprint density at radius 3 is 2.88 bits per heavy atom. The van der Waals surface area contributed by atoms with Crippen LogP contribution in [0.2, 0.25) is 0 Å². The van der Waals surface area contributed by atoms with Crippen LogP contribution < -0.4 is 5.32 Å². The van der Waals surface area contributed by atoms with Gasteiger partial charge in [-0.05, 0) is 35.3 Å². The number of aryl methyl sites for hydroxylation is 2. The van der Waals surface area contributed by atoms with E-state index in [1.807, 2.05) is 11.7 Å². The van der Waals surface area contributed by atoms with Crippen LogP contribution in [0.4, 0.5) is 0 Å². The smallest absolute Gasteiger partial charge is 0.0767 e. The largest absolute Gasteiger partial charge is 0.311 e. The quantitative estimate of drug-likeness (QED) is 0.641. The standard InChI is InChI=1S/C12H18BrN3/c1-4-6-7-8-14-9-11-12(13)10(5-2)15-16(11)3/h1,14H,5-9H2,2-3H3. The fraction of sp³-hybridized carbons (Fsp3) is 0.583. The normalized spacial score (nSPS) is 10.4. The van der Waals surface area contributed by atoms with Crippen molar-refractivity contribution < 1.29 is 0 Å². The minimum absolute atomic E-state index is 0.828. The molecule has 0 aliphatic carbocycles. The van der Waals surface area contributed by atoms with Crippen molar-refractivity contribution in [2.24, 2.45) is 7.05 Å². The lowest BCUT2D eigenvalue weighted by atomic mass is 10.3. The van der Waals surface area contributed by atoms with Crippen LogP contribution in [0.25, 0.3) is 0 Å². The second-order valence-corrected chi connectivity index (χ2v) is 4.46. The van der Waals surface area contributed by atoms with Gasteiger partial charge in [0, 0.05) is 20.0 Å². The lowest BCUT2D eigenvalue weighted by molar-refractivity contribution is 0.609. The molecule has 0 aliphatic heterocycles. The van der Waals surface area contributed by atoms with Gasteiger partial charge in [0.1, 0.15) is 0 Å². The Labute approximate surface area is 106 Å². The van der Waals surface area contributed by atoms with Gasteiger partial charge in [-0.1, -0.05) is 6.92 Å². The first kappa shape index (κ1) is 13.3. The van der Waals surface area contributed by atoms with Crippen molar-refractivity contribution in [2.75, 3.05) is 6.54 Å². The first-order chi connectivity index (χ1) is 7.70. The summed E-state index contributed by atoms with van der Waals surface area (Å²) >= 11 is 3.59. The molecule has 1 aromatic rings. The summed E-state index contributed by atoms with van der Waals surface area (Å²) < 4.78 is 3.05. The molecular weight excluding hydrogens is 266 g/mol. The maximum atomic E-state index is 5.19. The van der Waals surface area contributed by atoms with Crippen LogP contribution in [0, 0.1) is 12.3 Å². The summed E-state index contributed by atoms with van der Waals surface area (Å²) in [4.78, 5) is 0. The molecule has 4 heteroatoms. The lowest BCUT2D eigenvalue weighted by Gasteiger charge is -2.04. The monoisotopic (exact) mass is 283 g/mol. The van der Waals surface area contributed by atoms with Crippen LogP contribution in [-0.2, 0) is 20.0 Å². The molecule has 0 aliphatic rings. The van der Waals surface area contributed by atoms with Crippen LogP contribution in [-0.4, -0.2) is 16.3 Å². The fourth-order valence-electron chi connectivity index (χ4n) is 1.53. The molecule has 0 bridgehead atoms. The number of terminal acetylenes is 1. The van der Waals surface area contributed by atoms with E-state index in [1.165, 1.54) is 5.69 Å². The zero-order valence-corrected chi connectivity index (χ0v) is 11.5. The predicted molar refractivity (Wildman–Crippen MR) is 70.1 cm³/mol. The summed E-state index contributed by atoms with van der Waals surface area (Å²) in [6.07, 6.45) is 8.00. The maximum Gasteiger partial charge on any atom is 0.0767 e. The fourth-order valence-corrected chi connectivity index (χ4v) is 2.29. The van der Waals surface area contributed by atoms with Crippen molar-refractivity contribution in [3.8, 4) is 12.3 Å². The summed E-state index contributed by atoms with van der Waals surface area (Å²) in [6.45, 7) is 3.88. The molecule has 0 spiro atoms. The van der Waals surface area contributed by atoms with Gasteiger partial charge in [-0.3, -0.25) is 4.68 Å². The molecule has 1 N–H and O–H groups in total. The zero-order chi connectivity index (χ0) is 12.0. The highest BCUT2D eigenvalue weighted by Crippen LogP contribution is 2.21. The highest BCUT2D eigenvalue weighted by molar-refractivity contribution is 9.10. The SMILES string of the molecule is C#CCCCNCc1c(Br)c(CC)nn1C.